The number of rotatable bonds is 10. The van der Waals surface area contributed by atoms with Crippen LogP contribution in [0.5, 0.6) is 0 Å². The molecule has 8 nitrogen and oxygen atoms in total. The highest BCUT2D eigenvalue weighted by molar-refractivity contribution is 5.91. The van der Waals surface area contributed by atoms with Crippen molar-refractivity contribution < 1.29 is 24.7 Å². The molecule has 1 aliphatic rings. The highest BCUT2D eigenvalue weighted by Gasteiger charge is 2.37. The molecule has 8 heteroatoms. The quantitative estimate of drug-likeness (QED) is 0.217. The van der Waals surface area contributed by atoms with Gasteiger partial charge in [-0.15, -0.1) is 0 Å². The molecule has 0 spiro atoms. The average Bonchev–Trinajstić information content (AvgIpc) is 2.79. The van der Waals surface area contributed by atoms with Crippen molar-refractivity contribution in [3.05, 3.63) is 59.7 Å². The highest BCUT2D eigenvalue weighted by Crippen LogP contribution is 2.33. The van der Waals surface area contributed by atoms with Crippen molar-refractivity contribution in [1.29, 1.82) is 0 Å². The Kier molecular flexibility index (Phi) is 8.96. The van der Waals surface area contributed by atoms with Crippen LogP contribution in [0.4, 0.5) is 0 Å². The van der Waals surface area contributed by atoms with Gasteiger partial charge < -0.3 is 15.7 Å². The summed E-state index contributed by atoms with van der Waals surface area (Å²) in [5, 5.41) is 23.5. The van der Waals surface area contributed by atoms with Crippen LogP contribution >= 0.6 is 0 Å². The molecule has 0 aliphatic heterocycles. The summed E-state index contributed by atoms with van der Waals surface area (Å²) in [5.74, 6) is -1.50. The second kappa shape index (κ2) is 11.4. The van der Waals surface area contributed by atoms with E-state index in [-0.39, 0.29) is 18.9 Å². The molecule has 0 aromatic heterocycles. The zero-order chi connectivity index (χ0) is 22.9. The number of aliphatic hydroxyl groups is 1. The molecule has 0 radical (unpaired) electrons. The van der Waals surface area contributed by atoms with Crippen molar-refractivity contribution in [3.63, 3.8) is 0 Å². The number of carbonyl (C=O) groups excluding carboxylic acids is 3. The maximum absolute atomic E-state index is 13.1. The maximum Gasteiger partial charge on any atom is 0.268 e. The van der Waals surface area contributed by atoms with E-state index in [1.165, 1.54) is 18.0 Å². The molecule has 1 aromatic carbocycles. The lowest BCUT2D eigenvalue weighted by Crippen LogP contribution is -2.51. The maximum atomic E-state index is 13.1. The van der Waals surface area contributed by atoms with Gasteiger partial charge in [0, 0.05) is 13.0 Å². The van der Waals surface area contributed by atoms with Gasteiger partial charge >= 0.3 is 0 Å². The average molecular weight is 430 g/mol. The van der Waals surface area contributed by atoms with Crippen LogP contribution in [0, 0.1) is 0 Å². The second-order valence-corrected chi connectivity index (χ2v) is 7.63. The van der Waals surface area contributed by atoms with Crippen LogP contribution in [0.15, 0.2) is 48.6 Å². The van der Waals surface area contributed by atoms with Gasteiger partial charge in [0.2, 0.25) is 11.8 Å². The van der Waals surface area contributed by atoms with E-state index < -0.39 is 29.4 Å². The van der Waals surface area contributed by atoms with E-state index in [0.717, 1.165) is 12.0 Å². The summed E-state index contributed by atoms with van der Waals surface area (Å²) < 4.78 is 0. The number of carbonyl (C=O) groups is 3. The summed E-state index contributed by atoms with van der Waals surface area (Å²) in [6, 6.07) is 6.78. The van der Waals surface area contributed by atoms with E-state index >= 15 is 0 Å². The predicted octanol–water partition coefficient (Wildman–Crippen LogP) is 1.27. The van der Waals surface area contributed by atoms with Gasteiger partial charge in [0.25, 0.3) is 5.91 Å². The number of hydrogen-bond acceptors (Lipinski definition) is 5. The molecule has 0 saturated heterocycles. The molecule has 0 heterocycles. The smallest absolute Gasteiger partial charge is 0.268 e. The minimum absolute atomic E-state index is 0.0517. The molecule has 1 aromatic rings. The van der Waals surface area contributed by atoms with Crippen LogP contribution in [0.25, 0.3) is 0 Å². The first kappa shape index (κ1) is 24.3. The lowest BCUT2D eigenvalue weighted by atomic mass is 9.74. The fourth-order valence-corrected chi connectivity index (χ4v) is 3.50. The van der Waals surface area contributed by atoms with E-state index in [2.05, 4.69) is 17.6 Å². The van der Waals surface area contributed by atoms with Crippen LogP contribution in [-0.2, 0) is 26.2 Å². The summed E-state index contributed by atoms with van der Waals surface area (Å²) in [5.41, 5.74) is 2.74. The summed E-state index contributed by atoms with van der Waals surface area (Å²) in [7, 11) is 0. The van der Waals surface area contributed by atoms with Crippen molar-refractivity contribution in [2.24, 2.45) is 0 Å². The number of nitrogens with one attached hydrogen (secondary N) is 3. The summed E-state index contributed by atoms with van der Waals surface area (Å²) in [6.45, 7) is 3.69. The number of hydrogen-bond donors (Lipinski definition) is 5. The molecule has 0 bridgehead atoms. The Morgan fingerprint density at radius 1 is 1.16 bits per heavy atom. The molecule has 1 aliphatic carbocycles. The number of aryl methyl sites for hydroxylation is 1. The van der Waals surface area contributed by atoms with Gasteiger partial charge in [-0.1, -0.05) is 55.5 Å². The van der Waals surface area contributed by atoms with Gasteiger partial charge in [-0.2, -0.15) is 0 Å². The molecule has 1 unspecified atom stereocenters. The third-order valence-electron chi connectivity index (χ3n) is 5.41. The first-order valence-electron chi connectivity index (χ1n) is 10.5. The number of allylic oxidation sites excluding steroid dienone is 3. The molecular weight excluding hydrogens is 398 g/mol. The highest BCUT2D eigenvalue weighted by atomic mass is 16.5. The van der Waals surface area contributed by atoms with Crippen molar-refractivity contribution in [3.8, 4) is 0 Å². The predicted molar refractivity (Wildman–Crippen MR) is 116 cm³/mol. The molecular formula is C23H31N3O5. The molecule has 31 heavy (non-hydrogen) atoms. The van der Waals surface area contributed by atoms with Crippen molar-refractivity contribution in [1.82, 2.24) is 16.1 Å². The summed E-state index contributed by atoms with van der Waals surface area (Å²) in [6.07, 6.45) is 8.36. The van der Waals surface area contributed by atoms with Gasteiger partial charge in [0.15, 0.2) is 0 Å². The van der Waals surface area contributed by atoms with Crippen LogP contribution in [-0.4, -0.2) is 46.7 Å². The van der Waals surface area contributed by atoms with Gasteiger partial charge in [0.1, 0.15) is 6.04 Å². The molecule has 168 valence electrons. The Balaban J connectivity index is 1.93. The molecule has 3 atom stereocenters. The van der Waals surface area contributed by atoms with Crippen molar-refractivity contribution in [2.45, 2.75) is 57.1 Å². The Morgan fingerprint density at radius 3 is 2.42 bits per heavy atom. The SMILES string of the molecule is CCc1ccc(C2(C(=O)NCCCC(=O)N[C@H](C(=O)NO)[C@@H](C)O)C=CC=CC2)cc1. The van der Waals surface area contributed by atoms with E-state index in [1.54, 1.807) is 0 Å². The van der Waals surface area contributed by atoms with Crippen molar-refractivity contribution in [2.75, 3.05) is 6.54 Å². The number of aliphatic hydroxyl groups excluding tert-OH is 1. The third kappa shape index (κ3) is 6.26. The van der Waals surface area contributed by atoms with Crippen LogP contribution in [0.3, 0.4) is 0 Å². The first-order valence-corrected chi connectivity index (χ1v) is 10.5. The van der Waals surface area contributed by atoms with Gasteiger partial charge in [-0.05, 0) is 37.3 Å². The van der Waals surface area contributed by atoms with Gasteiger partial charge in [-0.25, -0.2) is 5.48 Å². The van der Waals surface area contributed by atoms with Crippen molar-refractivity contribution >= 4 is 17.7 Å². The van der Waals surface area contributed by atoms with E-state index in [0.29, 0.717) is 12.8 Å². The van der Waals surface area contributed by atoms with Gasteiger partial charge in [0.05, 0.1) is 11.5 Å². The molecule has 0 saturated carbocycles. The largest absolute Gasteiger partial charge is 0.391 e. The fourth-order valence-electron chi connectivity index (χ4n) is 3.50. The topological polar surface area (TPSA) is 128 Å². The Hall–Kier alpha value is -2.97. The van der Waals surface area contributed by atoms with E-state index in [4.69, 9.17) is 5.21 Å². The lowest BCUT2D eigenvalue weighted by molar-refractivity contribution is -0.137. The Morgan fingerprint density at radius 2 is 1.87 bits per heavy atom. The summed E-state index contributed by atoms with van der Waals surface area (Å²) >= 11 is 0. The minimum atomic E-state index is -1.25. The Bertz CT molecular complexity index is 832. The molecule has 5 N–H and O–H groups in total. The lowest BCUT2D eigenvalue weighted by Gasteiger charge is -2.30. The van der Waals surface area contributed by atoms with Crippen LogP contribution < -0.4 is 16.1 Å². The van der Waals surface area contributed by atoms with E-state index in [1.807, 2.05) is 48.6 Å². The van der Waals surface area contributed by atoms with Crippen LogP contribution in [0.2, 0.25) is 0 Å². The number of hydroxylamine groups is 1. The molecule has 2 rings (SSSR count). The summed E-state index contributed by atoms with van der Waals surface area (Å²) in [4.78, 5) is 36.6. The number of amides is 3. The molecule has 0 fully saturated rings. The standard InChI is InChI=1S/C23H31N3O5/c1-3-17-9-11-18(12-10-17)23(13-5-4-6-14-23)22(30)24-15-7-8-19(28)25-20(16(2)27)21(29)26-31/h4-6,9-13,16,20,27,31H,3,7-8,14-15H2,1-2H3,(H,24,30)(H,25,28)(H,26,29)/t16-,20+,23?/m1/s1. The second-order valence-electron chi connectivity index (χ2n) is 7.63. The minimum Gasteiger partial charge on any atom is -0.391 e. The fraction of sp³-hybridized carbons (Fsp3) is 0.435. The monoisotopic (exact) mass is 429 g/mol. The normalized spacial score (nSPS) is 19.4. The molecule has 3 amide bonds. The van der Waals surface area contributed by atoms with Gasteiger partial charge in [-0.3, -0.25) is 19.6 Å². The zero-order valence-electron chi connectivity index (χ0n) is 17.9. The van der Waals surface area contributed by atoms with E-state index in [9.17, 15) is 19.5 Å². The Labute approximate surface area is 182 Å². The third-order valence-corrected chi connectivity index (χ3v) is 5.41. The number of benzene rings is 1. The first-order chi connectivity index (χ1) is 14.8. The zero-order valence-corrected chi connectivity index (χ0v) is 17.9. The van der Waals surface area contributed by atoms with Crippen LogP contribution in [0.1, 0.15) is 44.2 Å².